The highest BCUT2D eigenvalue weighted by Gasteiger charge is 2.04. The van der Waals surface area contributed by atoms with Crippen molar-refractivity contribution in [1.29, 1.82) is 0 Å². The summed E-state index contributed by atoms with van der Waals surface area (Å²) in [5.74, 6) is 0.750. The molecule has 2 aromatic carbocycles. The van der Waals surface area contributed by atoms with Crippen molar-refractivity contribution < 1.29 is 9.53 Å². The van der Waals surface area contributed by atoms with Crippen molar-refractivity contribution in [3.05, 3.63) is 71.8 Å². The van der Waals surface area contributed by atoms with Gasteiger partial charge in [-0.3, -0.25) is 4.79 Å². The third-order valence-corrected chi connectivity index (χ3v) is 4.11. The standard InChI is InChI=1S/C23H29NO2/c1-24(2)17-8-3-4-9-18-26-22-14-10-13-21(19-22)23(25)16-15-20-11-6-5-7-12-20/h5-7,10-16,19H,3-4,8-9,17-18H2,1-2H3. The van der Waals surface area contributed by atoms with Crippen LogP contribution in [-0.2, 0) is 0 Å². The van der Waals surface area contributed by atoms with Crippen LogP contribution in [0.5, 0.6) is 5.75 Å². The third kappa shape index (κ3) is 7.66. The molecule has 0 unspecified atom stereocenters. The molecule has 2 rings (SSSR count). The van der Waals surface area contributed by atoms with E-state index < -0.39 is 0 Å². The van der Waals surface area contributed by atoms with Crippen LogP contribution in [0.15, 0.2) is 60.7 Å². The molecule has 3 nitrogen and oxygen atoms in total. The summed E-state index contributed by atoms with van der Waals surface area (Å²) >= 11 is 0. The Morgan fingerprint density at radius 3 is 2.50 bits per heavy atom. The van der Waals surface area contributed by atoms with E-state index in [1.165, 1.54) is 19.3 Å². The average molecular weight is 351 g/mol. The van der Waals surface area contributed by atoms with Crippen LogP contribution in [0, 0.1) is 0 Å². The predicted octanol–water partition coefficient (Wildman–Crippen LogP) is 5.08. The summed E-state index contributed by atoms with van der Waals surface area (Å²) in [7, 11) is 4.21. The van der Waals surface area contributed by atoms with Gasteiger partial charge in [-0.2, -0.15) is 0 Å². The maximum Gasteiger partial charge on any atom is 0.185 e. The van der Waals surface area contributed by atoms with Gasteiger partial charge in [-0.15, -0.1) is 0 Å². The molecule has 0 aromatic heterocycles. The Hall–Kier alpha value is -2.39. The van der Waals surface area contributed by atoms with Crippen LogP contribution in [0.3, 0.4) is 0 Å². The van der Waals surface area contributed by atoms with Gasteiger partial charge in [0, 0.05) is 5.56 Å². The summed E-state index contributed by atoms with van der Waals surface area (Å²) in [6.07, 6.45) is 8.11. The summed E-state index contributed by atoms with van der Waals surface area (Å²) in [6, 6.07) is 17.2. The van der Waals surface area contributed by atoms with E-state index >= 15 is 0 Å². The summed E-state index contributed by atoms with van der Waals surface area (Å²) in [5, 5.41) is 0. The van der Waals surface area contributed by atoms with Crippen LogP contribution in [0.4, 0.5) is 0 Å². The second-order valence-electron chi connectivity index (χ2n) is 6.70. The Morgan fingerprint density at radius 1 is 0.962 bits per heavy atom. The van der Waals surface area contributed by atoms with Crippen molar-refractivity contribution in [2.24, 2.45) is 0 Å². The zero-order valence-electron chi connectivity index (χ0n) is 15.9. The van der Waals surface area contributed by atoms with E-state index in [0.29, 0.717) is 12.2 Å². The molecule has 0 N–H and O–H groups in total. The fourth-order valence-electron chi connectivity index (χ4n) is 2.65. The lowest BCUT2D eigenvalue weighted by molar-refractivity contribution is 0.104. The average Bonchev–Trinajstić information content (AvgIpc) is 2.66. The van der Waals surface area contributed by atoms with Gasteiger partial charge < -0.3 is 9.64 Å². The first-order valence-electron chi connectivity index (χ1n) is 9.30. The monoisotopic (exact) mass is 351 g/mol. The molecule has 0 atom stereocenters. The highest BCUT2D eigenvalue weighted by molar-refractivity contribution is 6.07. The van der Waals surface area contributed by atoms with Gasteiger partial charge in [0.05, 0.1) is 6.61 Å². The quantitative estimate of drug-likeness (QED) is 0.321. The lowest BCUT2D eigenvalue weighted by atomic mass is 10.1. The van der Waals surface area contributed by atoms with Crippen LogP contribution in [0.2, 0.25) is 0 Å². The number of benzene rings is 2. The topological polar surface area (TPSA) is 29.5 Å². The van der Waals surface area contributed by atoms with Gasteiger partial charge in [0.2, 0.25) is 0 Å². The minimum absolute atomic E-state index is 0.0111. The number of carbonyl (C=O) groups excluding carboxylic acids is 1. The van der Waals surface area contributed by atoms with Gasteiger partial charge in [0.1, 0.15) is 5.75 Å². The van der Waals surface area contributed by atoms with Crippen molar-refractivity contribution in [3.8, 4) is 5.75 Å². The molecule has 0 radical (unpaired) electrons. The molecule has 26 heavy (non-hydrogen) atoms. The lowest BCUT2D eigenvalue weighted by Gasteiger charge is -2.09. The molecule has 0 heterocycles. The number of rotatable bonds is 11. The van der Waals surface area contributed by atoms with E-state index in [2.05, 4.69) is 19.0 Å². The highest BCUT2D eigenvalue weighted by atomic mass is 16.5. The number of allylic oxidation sites excluding steroid dienone is 1. The largest absolute Gasteiger partial charge is 0.494 e. The number of ketones is 1. The molecule has 0 aliphatic carbocycles. The maximum absolute atomic E-state index is 12.3. The van der Waals surface area contributed by atoms with E-state index in [-0.39, 0.29) is 5.78 Å². The fourth-order valence-corrected chi connectivity index (χ4v) is 2.65. The summed E-state index contributed by atoms with van der Waals surface area (Å²) in [6.45, 7) is 1.83. The van der Waals surface area contributed by atoms with Crippen LogP contribution in [0.25, 0.3) is 6.08 Å². The molecule has 138 valence electrons. The van der Waals surface area contributed by atoms with Crippen molar-refractivity contribution in [1.82, 2.24) is 4.90 Å². The first-order valence-corrected chi connectivity index (χ1v) is 9.30. The molecular weight excluding hydrogens is 322 g/mol. The molecule has 3 heteroatoms. The molecule has 2 aromatic rings. The third-order valence-electron chi connectivity index (χ3n) is 4.11. The zero-order chi connectivity index (χ0) is 18.6. The lowest BCUT2D eigenvalue weighted by Crippen LogP contribution is -2.12. The fraction of sp³-hybridized carbons (Fsp3) is 0.348. The van der Waals surface area contributed by atoms with Gasteiger partial charge in [-0.25, -0.2) is 0 Å². The summed E-state index contributed by atoms with van der Waals surface area (Å²) in [5.41, 5.74) is 1.67. The first-order chi connectivity index (χ1) is 12.6. The summed E-state index contributed by atoms with van der Waals surface area (Å²) < 4.78 is 5.80. The zero-order valence-corrected chi connectivity index (χ0v) is 15.9. The number of hydrogen-bond donors (Lipinski definition) is 0. The molecule has 0 amide bonds. The Labute approximate surface area is 157 Å². The van der Waals surface area contributed by atoms with Crippen LogP contribution >= 0.6 is 0 Å². The second-order valence-corrected chi connectivity index (χ2v) is 6.70. The molecule has 0 spiro atoms. The van der Waals surface area contributed by atoms with Gasteiger partial charge in [0.25, 0.3) is 0 Å². The van der Waals surface area contributed by atoms with E-state index in [9.17, 15) is 4.79 Å². The molecule has 0 bridgehead atoms. The van der Waals surface area contributed by atoms with Crippen LogP contribution < -0.4 is 4.74 Å². The minimum atomic E-state index is -0.0111. The number of hydrogen-bond acceptors (Lipinski definition) is 3. The molecule has 0 saturated heterocycles. The number of unbranched alkanes of at least 4 members (excludes halogenated alkanes) is 3. The molecule has 0 saturated carbocycles. The van der Waals surface area contributed by atoms with Crippen molar-refractivity contribution in [2.45, 2.75) is 25.7 Å². The SMILES string of the molecule is CN(C)CCCCCCOc1cccc(C(=O)C=Cc2ccccc2)c1. The van der Waals surface area contributed by atoms with Crippen LogP contribution in [0.1, 0.15) is 41.6 Å². The Balaban J connectivity index is 1.76. The smallest absolute Gasteiger partial charge is 0.185 e. The van der Waals surface area contributed by atoms with Crippen molar-refractivity contribution >= 4 is 11.9 Å². The summed E-state index contributed by atoms with van der Waals surface area (Å²) in [4.78, 5) is 14.5. The normalized spacial score (nSPS) is 11.2. The van der Waals surface area contributed by atoms with E-state index in [4.69, 9.17) is 4.74 Å². The maximum atomic E-state index is 12.3. The second kappa shape index (κ2) is 11.3. The van der Waals surface area contributed by atoms with Crippen molar-refractivity contribution in [3.63, 3.8) is 0 Å². The predicted molar refractivity (Wildman–Crippen MR) is 109 cm³/mol. The van der Waals surface area contributed by atoms with E-state index in [1.54, 1.807) is 6.08 Å². The number of nitrogens with zero attached hydrogens (tertiary/aromatic N) is 1. The Bertz CT molecular complexity index is 692. The van der Waals surface area contributed by atoms with Crippen molar-refractivity contribution in [2.75, 3.05) is 27.2 Å². The van der Waals surface area contributed by atoms with Gasteiger partial charge >= 0.3 is 0 Å². The molecule has 0 aliphatic rings. The number of ether oxygens (including phenoxy) is 1. The Morgan fingerprint density at radius 2 is 1.73 bits per heavy atom. The molecular formula is C23H29NO2. The molecule has 0 aliphatic heterocycles. The van der Waals surface area contributed by atoms with Gasteiger partial charge in [-0.05, 0) is 57.3 Å². The Kier molecular flexibility index (Phi) is 8.64. The van der Waals surface area contributed by atoms with Gasteiger partial charge in [0.15, 0.2) is 5.78 Å². The van der Waals surface area contributed by atoms with E-state index in [0.717, 1.165) is 24.3 Å². The van der Waals surface area contributed by atoms with E-state index in [1.807, 2.05) is 60.7 Å². The van der Waals surface area contributed by atoms with Gasteiger partial charge in [-0.1, -0.05) is 61.4 Å². The van der Waals surface area contributed by atoms with Crippen LogP contribution in [-0.4, -0.2) is 37.9 Å². The molecule has 0 fully saturated rings. The number of carbonyl (C=O) groups is 1. The first kappa shape index (κ1) is 19.9. The minimum Gasteiger partial charge on any atom is -0.494 e. The highest BCUT2D eigenvalue weighted by Crippen LogP contribution is 2.15.